The molecule has 0 saturated heterocycles. The molecule has 6 heteroatoms. The van der Waals surface area contributed by atoms with E-state index in [9.17, 15) is 13.2 Å². The van der Waals surface area contributed by atoms with Gasteiger partial charge in [0, 0.05) is 6.92 Å². The van der Waals surface area contributed by atoms with E-state index in [1.54, 1.807) is 31.2 Å². The van der Waals surface area contributed by atoms with Gasteiger partial charge in [0.25, 0.3) is 0 Å². The molecular weight excluding hydrogens is 288 g/mol. The van der Waals surface area contributed by atoms with E-state index < -0.39 is 9.84 Å². The predicted molar refractivity (Wildman–Crippen MR) is 81.8 cm³/mol. The van der Waals surface area contributed by atoms with Crippen LogP contribution in [0.1, 0.15) is 12.5 Å². The normalized spacial score (nSPS) is 11.1. The number of nitrogens with one attached hydrogen (secondary N) is 1. The molecule has 0 heterocycles. The minimum atomic E-state index is -3.65. The number of benzene rings is 2. The molecule has 0 atom stereocenters. The number of nitrogens with two attached hydrogens (primary N) is 1. The van der Waals surface area contributed by atoms with Crippen LogP contribution in [-0.2, 0) is 14.6 Å². The lowest BCUT2D eigenvalue weighted by Crippen LogP contribution is -2.10. The number of nitrogen functional groups attached to an aromatic ring is 1. The lowest BCUT2D eigenvalue weighted by molar-refractivity contribution is -0.114. The second kappa shape index (κ2) is 5.57. The molecule has 1 amide bonds. The Morgan fingerprint density at radius 3 is 2.43 bits per heavy atom. The fourth-order valence-electron chi connectivity index (χ4n) is 1.99. The summed E-state index contributed by atoms with van der Waals surface area (Å²) in [5.41, 5.74) is 7.01. The second-order valence-corrected chi connectivity index (χ2v) is 6.62. The maximum absolute atomic E-state index is 12.7. The largest absolute Gasteiger partial charge is 0.397 e. The SMILES string of the molecule is CC(=O)Nc1cc(S(=O)(=O)c2ccccc2C)ccc1N. The average molecular weight is 304 g/mol. The third-order valence-electron chi connectivity index (χ3n) is 3.03. The molecule has 21 heavy (non-hydrogen) atoms. The quantitative estimate of drug-likeness (QED) is 0.852. The Kier molecular flexibility index (Phi) is 3.99. The molecule has 0 bridgehead atoms. The van der Waals surface area contributed by atoms with Crippen LogP contribution in [0.25, 0.3) is 0 Å². The molecule has 5 nitrogen and oxygen atoms in total. The fourth-order valence-corrected chi connectivity index (χ4v) is 3.51. The Morgan fingerprint density at radius 2 is 1.81 bits per heavy atom. The zero-order chi connectivity index (χ0) is 15.6. The van der Waals surface area contributed by atoms with Crippen LogP contribution in [0.3, 0.4) is 0 Å². The smallest absolute Gasteiger partial charge is 0.221 e. The van der Waals surface area contributed by atoms with Gasteiger partial charge >= 0.3 is 0 Å². The lowest BCUT2D eigenvalue weighted by atomic mass is 10.2. The minimum Gasteiger partial charge on any atom is -0.397 e. The van der Waals surface area contributed by atoms with Crippen LogP contribution in [0.4, 0.5) is 11.4 Å². The van der Waals surface area contributed by atoms with Crippen LogP contribution in [0, 0.1) is 6.92 Å². The van der Waals surface area contributed by atoms with Crippen molar-refractivity contribution in [3.8, 4) is 0 Å². The summed E-state index contributed by atoms with van der Waals surface area (Å²) in [5, 5.41) is 2.52. The third-order valence-corrected chi connectivity index (χ3v) is 4.94. The number of hydrogen-bond acceptors (Lipinski definition) is 4. The number of carbonyl (C=O) groups is 1. The highest BCUT2D eigenvalue weighted by Gasteiger charge is 2.20. The second-order valence-electron chi connectivity index (χ2n) is 4.70. The van der Waals surface area contributed by atoms with Crippen molar-refractivity contribution in [2.45, 2.75) is 23.6 Å². The molecule has 2 rings (SSSR count). The molecule has 2 aromatic carbocycles. The van der Waals surface area contributed by atoms with Gasteiger partial charge in [0.05, 0.1) is 21.2 Å². The van der Waals surface area contributed by atoms with Crippen molar-refractivity contribution in [2.24, 2.45) is 0 Å². The van der Waals surface area contributed by atoms with Crippen LogP contribution in [-0.4, -0.2) is 14.3 Å². The van der Waals surface area contributed by atoms with E-state index in [4.69, 9.17) is 5.73 Å². The van der Waals surface area contributed by atoms with Crippen molar-refractivity contribution in [1.29, 1.82) is 0 Å². The van der Waals surface area contributed by atoms with E-state index in [0.717, 1.165) is 0 Å². The van der Waals surface area contributed by atoms with Crippen molar-refractivity contribution in [1.82, 2.24) is 0 Å². The first-order valence-electron chi connectivity index (χ1n) is 6.30. The lowest BCUT2D eigenvalue weighted by Gasteiger charge is -2.11. The number of carbonyl (C=O) groups excluding carboxylic acids is 1. The summed E-state index contributed by atoms with van der Waals surface area (Å²) in [6, 6.07) is 11.0. The van der Waals surface area contributed by atoms with E-state index >= 15 is 0 Å². The van der Waals surface area contributed by atoms with Gasteiger partial charge in [0.1, 0.15) is 0 Å². The zero-order valence-electron chi connectivity index (χ0n) is 11.8. The summed E-state index contributed by atoms with van der Waals surface area (Å²) in [6.45, 7) is 3.07. The summed E-state index contributed by atoms with van der Waals surface area (Å²) in [4.78, 5) is 11.5. The van der Waals surface area contributed by atoms with Crippen molar-refractivity contribution in [2.75, 3.05) is 11.1 Å². The number of hydrogen-bond donors (Lipinski definition) is 2. The molecule has 0 spiro atoms. The van der Waals surface area contributed by atoms with Gasteiger partial charge in [-0.2, -0.15) is 0 Å². The van der Waals surface area contributed by atoms with Gasteiger partial charge in [-0.15, -0.1) is 0 Å². The monoisotopic (exact) mass is 304 g/mol. The number of aryl methyl sites for hydroxylation is 1. The Morgan fingerprint density at radius 1 is 1.14 bits per heavy atom. The first kappa shape index (κ1) is 15.1. The number of sulfone groups is 1. The third kappa shape index (κ3) is 3.05. The van der Waals surface area contributed by atoms with Gasteiger partial charge in [-0.05, 0) is 36.8 Å². The highest BCUT2D eigenvalue weighted by atomic mass is 32.2. The highest BCUT2D eigenvalue weighted by molar-refractivity contribution is 7.91. The molecule has 0 radical (unpaired) electrons. The molecule has 0 saturated carbocycles. The van der Waals surface area contributed by atoms with E-state index in [0.29, 0.717) is 11.3 Å². The molecule has 2 aromatic rings. The minimum absolute atomic E-state index is 0.0924. The number of amides is 1. The number of rotatable bonds is 3. The molecule has 0 aliphatic heterocycles. The maximum Gasteiger partial charge on any atom is 0.221 e. The van der Waals surface area contributed by atoms with Crippen LogP contribution in [0.5, 0.6) is 0 Å². The number of anilines is 2. The van der Waals surface area contributed by atoms with Gasteiger partial charge in [-0.3, -0.25) is 4.79 Å². The molecule has 110 valence electrons. The van der Waals surface area contributed by atoms with Crippen molar-refractivity contribution in [3.63, 3.8) is 0 Å². The van der Waals surface area contributed by atoms with Gasteiger partial charge in [-0.1, -0.05) is 18.2 Å². The van der Waals surface area contributed by atoms with Crippen LogP contribution < -0.4 is 11.1 Å². The highest BCUT2D eigenvalue weighted by Crippen LogP contribution is 2.28. The Balaban J connectivity index is 2.56. The standard InChI is InChI=1S/C15H16N2O3S/c1-10-5-3-4-6-15(10)21(19,20)12-7-8-13(16)14(9-12)17-11(2)18/h3-9H,16H2,1-2H3,(H,17,18). The molecule has 0 aromatic heterocycles. The maximum atomic E-state index is 12.7. The van der Waals surface area contributed by atoms with Crippen molar-refractivity contribution in [3.05, 3.63) is 48.0 Å². The molecule has 0 aliphatic carbocycles. The summed E-state index contributed by atoms with van der Waals surface area (Å²) in [6.07, 6.45) is 0. The van der Waals surface area contributed by atoms with Crippen LogP contribution in [0.2, 0.25) is 0 Å². The summed E-state index contributed by atoms with van der Waals surface area (Å²) < 4.78 is 25.3. The first-order chi connectivity index (χ1) is 9.82. The Hall–Kier alpha value is -2.34. The van der Waals surface area contributed by atoms with E-state index in [2.05, 4.69) is 5.32 Å². The Labute approximate surface area is 123 Å². The fraction of sp³-hybridized carbons (Fsp3) is 0.133. The van der Waals surface area contributed by atoms with E-state index in [-0.39, 0.29) is 21.4 Å². The average Bonchev–Trinajstić information content (AvgIpc) is 2.41. The molecule has 0 aliphatic rings. The summed E-state index contributed by atoms with van der Waals surface area (Å²) in [5.74, 6) is -0.313. The van der Waals surface area contributed by atoms with Crippen molar-refractivity contribution >= 4 is 27.1 Å². The van der Waals surface area contributed by atoms with Crippen molar-refractivity contribution < 1.29 is 13.2 Å². The van der Waals surface area contributed by atoms with Gasteiger partial charge < -0.3 is 11.1 Å². The van der Waals surface area contributed by atoms with Crippen LogP contribution in [0.15, 0.2) is 52.3 Å². The first-order valence-corrected chi connectivity index (χ1v) is 7.78. The molecule has 0 fully saturated rings. The summed E-state index contributed by atoms with van der Waals surface area (Å²) in [7, 11) is -3.65. The topological polar surface area (TPSA) is 89.3 Å². The Bertz CT molecular complexity index is 798. The predicted octanol–water partition coefficient (Wildman–Crippen LogP) is 2.37. The van der Waals surface area contributed by atoms with Gasteiger partial charge in [-0.25, -0.2) is 8.42 Å². The summed E-state index contributed by atoms with van der Waals surface area (Å²) >= 11 is 0. The molecule has 3 N–H and O–H groups in total. The molecular formula is C15H16N2O3S. The molecule has 0 unspecified atom stereocenters. The zero-order valence-corrected chi connectivity index (χ0v) is 12.6. The van der Waals surface area contributed by atoms with E-state index in [1.807, 2.05) is 0 Å². The van der Waals surface area contributed by atoms with E-state index in [1.165, 1.54) is 25.1 Å². The van der Waals surface area contributed by atoms with Gasteiger partial charge in [0.15, 0.2) is 0 Å². The van der Waals surface area contributed by atoms with Crippen LogP contribution >= 0.6 is 0 Å². The van der Waals surface area contributed by atoms with Gasteiger partial charge in [0.2, 0.25) is 15.7 Å².